The van der Waals surface area contributed by atoms with Gasteiger partial charge >= 0.3 is 0 Å². The molecule has 0 radical (unpaired) electrons. The molecule has 0 aliphatic rings. The quantitative estimate of drug-likeness (QED) is 0.251. The van der Waals surface area contributed by atoms with Gasteiger partial charge in [-0.1, -0.05) is 88.3 Å². The van der Waals surface area contributed by atoms with Crippen LogP contribution in [0.5, 0.6) is 0 Å². The predicted octanol–water partition coefficient (Wildman–Crippen LogP) is 5.07. The van der Waals surface area contributed by atoms with Crippen molar-refractivity contribution in [1.29, 1.82) is 0 Å². The lowest BCUT2D eigenvalue weighted by Gasteiger charge is -2.07. The molecule has 0 saturated carbocycles. The van der Waals surface area contributed by atoms with Crippen molar-refractivity contribution in [2.24, 2.45) is 0 Å². The van der Waals surface area contributed by atoms with Crippen molar-refractivity contribution in [2.75, 3.05) is 0 Å². The van der Waals surface area contributed by atoms with Crippen LogP contribution in [-0.2, 0) is 6.54 Å². The Morgan fingerprint density at radius 2 is 1.47 bits per heavy atom. The summed E-state index contributed by atoms with van der Waals surface area (Å²) in [5.41, 5.74) is 2.30. The minimum Gasteiger partial charge on any atom is -1.00 e. The van der Waals surface area contributed by atoms with Crippen LogP contribution < -0.4 is 21.5 Å². The number of fused-ring (bicyclic) bond motifs is 1. The van der Waals surface area contributed by atoms with Crippen LogP contribution in [0.25, 0.3) is 16.5 Å². The molecule has 2 aromatic carbocycles. The van der Waals surface area contributed by atoms with Gasteiger partial charge < -0.3 is 17.0 Å². The fourth-order valence-electron chi connectivity index (χ4n) is 4.05. The second-order valence-electron chi connectivity index (χ2n) is 8.04. The molecule has 0 unspecified atom stereocenters. The average molecular weight is 512 g/mol. The maximum Gasteiger partial charge on any atom is 0.260 e. The van der Waals surface area contributed by atoms with Crippen LogP contribution in [0, 0.1) is 6.92 Å². The van der Waals surface area contributed by atoms with Gasteiger partial charge in [0.25, 0.3) is 16.6 Å². The summed E-state index contributed by atoms with van der Waals surface area (Å²) in [6.45, 7) is 5.30. The molecule has 0 saturated heterocycles. The van der Waals surface area contributed by atoms with Crippen molar-refractivity contribution < 1.29 is 21.5 Å². The highest BCUT2D eigenvalue weighted by molar-refractivity contribution is 6.40. The molecule has 0 atom stereocenters. The maximum absolute atomic E-state index is 6.65. The number of rotatable bonds is 11. The van der Waals surface area contributed by atoms with Gasteiger partial charge in [-0.25, -0.2) is 4.57 Å². The third-order valence-corrected chi connectivity index (χ3v) is 6.59. The first kappa shape index (κ1) is 25.2. The van der Waals surface area contributed by atoms with E-state index in [1.54, 1.807) is 0 Å². The van der Waals surface area contributed by atoms with Gasteiger partial charge in [-0.3, -0.25) is 0 Å². The van der Waals surface area contributed by atoms with E-state index in [1.165, 1.54) is 67.7 Å². The molecule has 0 aliphatic carbocycles. The molecule has 0 fully saturated rings. The highest BCUT2D eigenvalue weighted by Crippen LogP contribution is 2.30. The van der Waals surface area contributed by atoms with E-state index < -0.39 is 0 Å². The summed E-state index contributed by atoms with van der Waals surface area (Å²) in [6, 6.07) is 12.7. The van der Waals surface area contributed by atoms with E-state index in [4.69, 9.17) is 23.2 Å². The Labute approximate surface area is 202 Å². The molecular formula is C25H33BrCl2N2. The molecular weight excluding hydrogens is 479 g/mol. The smallest absolute Gasteiger partial charge is 0.260 e. The Morgan fingerprint density at radius 1 is 0.833 bits per heavy atom. The number of halogens is 3. The van der Waals surface area contributed by atoms with E-state index in [-0.39, 0.29) is 17.0 Å². The standard InChI is InChI=1S/C25H33Cl2N2.BrH/c1-3-4-5-6-7-8-9-10-13-18-28-19-29(25(27)24(28)26)23-20(2)16-17-21-14-11-12-15-22(21)23;/h11-12,14-17,19H,3-10,13,18H2,1-2H3;1H/q+1;/p-1. The summed E-state index contributed by atoms with van der Waals surface area (Å²) in [4.78, 5) is 0. The molecule has 3 aromatic rings. The van der Waals surface area contributed by atoms with Crippen molar-refractivity contribution in [3.05, 3.63) is 58.6 Å². The van der Waals surface area contributed by atoms with Crippen LogP contribution >= 0.6 is 23.2 Å². The zero-order valence-corrected chi connectivity index (χ0v) is 21.2. The molecule has 1 heterocycles. The van der Waals surface area contributed by atoms with Gasteiger partial charge in [0.2, 0.25) is 0 Å². The summed E-state index contributed by atoms with van der Waals surface area (Å²) < 4.78 is 4.13. The second kappa shape index (κ2) is 12.7. The van der Waals surface area contributed by atoms with Crippen molar-refractivity contribution in [3.8, 4) is 5.69 Å². The molecule has 164 valence electrons. The molecule has 0 amide bonds. The molecule has 0 spiro atoms. The Bertz CT molecular complexity index is 936. The molecule has 5 heteroatoms. The van der Waals surface area contributed by atoms with E-state index >= 15 is 0 Å². The number of hydrogen-bond acceptors (Lipinski definition) is 0. The van der Waals surface area contributed by atoms with Gasteiger partial charge in [0.15, 0.2) is 0 Å². The Hall–Kier alpha value is -1.03. The van der Waals surface area contributed by atoms with E-state index in [2.05, 4.69) is 61.1 Å². The topological polar surface area (TPSA) is 8.81 Å². The van der Waals surface area contributed by atoms with Crippen molar-refractivity contribution in [2.45, 2.75) is 78.2 Å². The molecule has 0 N–H and O–H groups in total. The number of aryl methyl sites for hydroxylation is 2. The molecule has 1 aromatic heterocycles. The predicted molar refractivity (Wildman–Crippen MR) is 125 cm³/mol. The highest BCUT2D eigenvalue weighted by atomic mass is 79.9. The average Bonchev–Trinajstić information content (AvgIpc) is 3.01. The van der Waals surface area contributed by atoms with Gasteiger partial charge in [-0.15, -0.1) is 0 Å². The fraction of sp³-hybridized carbons (Fsp3) is 0.480. The number of hydrogen-bond donors (Lipinski definition) is 0. The van der Waals surface area contributed by atoms with Crippen molar-refractivity contribution in [3.63, 3.8) is 0 Å². The van der Waals surface area contributed by atoms with Crippen LogP contribution in [0.15, 0.2) is 42.7 Å². The summed E-state index contributed by atoms with van der Waals surface area (Å²) >= 11 is 13.2. The lowest BCUT2D eigenvalue weighted by molar-refractivity contribution is -0.694. The van der Waals surface area contributed by atoms with Crippen LogP contribution in [0.2, 0.25) is 10.3 Å². The molecule has 0 bridgehead atoms. The van der Waals surface area contributed by atoms with Gasteiger partial charge in [-0.05, 0) is 53.9 Å². The Kier molecular flexibility index (Phi) is 10.7. The Balaban J connectivity index is 0.00000320. The van der Waals surface area contributed by atoms with Gasteiger partial charge in [-0.2, -0.15) is 4.57 Å². The molecule has 0 aliphatic heterocycles. The van der Waals surface area contributed by atoms with Crippen LogP contribution in [0.3, 0.4) is 0 Å². The van der Waals surface area contributed by atoms with E-state index in [9.17, 15) is 0 Å². The number of aromatic nitrogens is 2. The summed E-state index contributed by atoms with van der Waals surface area (Å²) in [6.07, 6.45) is 13.9. The third kappa shape index (κ3) is 6.24. The van der Waals surface area contributed by atoms with Crippen LogP contribution in [-0.4, -0.2) is 4.57 Å². The first-order chi connectivity index (χ1) is 14.1. The van der Waals surface area contributed by atoms with Gasteiger partial charge in [0, 0.05) is 5.39 Å². The summed E-state index contributed by atoms with van der Waals surface area (Å²) in [5.74, 6) is 0. The SMILES string of the molecule is CCCCCCCCCCC[n+]1cn(-c2c(C)ccc3ccccc23)c(Cl)c1Cl.[Br-]. The number of benzene rings is 2. The van der Waals surface area contributed by atoms with Gasteiger partial charge in [0.05, 0.1) is 6.54 Å². The highest BCUT2D eigenvalue weighted by Gasteiger charge is 2.24. The number of nitrogens with zero attached hydrogens (tertiary/aromatic N) is 2. The van der Waals surface area contributed by atoms with Crippen molar-refractivity contribution in [1.82, 2.24) is 4.57 Å². The van der Waals surface area contributed by atoms with Crippen LogP contribution in [0.4, 0.5) is 0 Å². The normalized spacial score (nSPS) is 11.1. The third-order valence-electron chi connectivity index (χ3n) is 5.73. The Morgan fingerprint density at radius 3 is 2.17 bits per heavy atom. The first-order valence-electron chi connectivity index (χ1n) is 11.1. The zero-order chi connectivity index (χ0) is 20.6. The maximum atomic E-state index is 6.65. The minimum absolute atomic E-state index is 0. The molecule has 3 rings (SSSR count). The largest absolute Gasteiger partial charge is 1.00 e. The molecule has 30 heavy (non-hydrogen) atoms. The van der Waals surface area contributed by atoms with E-state index in [1.807, 2.05) is 4.57 Å². The summed E-state index contributed by atoms with van der Waals surface area (Å²) in [5, 5.41) is 3.61. The zero-order valence-electron chi connectivity index (χ0n) is 18.1. The van der Waals surface area contributed by atoms with E-state index in [0.717, 1.165) is 18.7 Å². The lowest BCUT2D eigenvalue weighted by atomic mass is 10.0. The molecule has 2 nitrogen and oxygen atoms in total. The summed E-state index contributed by atoms with van der Waals surface area (Å²) in [7, 11) is 0. The fourth-order valence-corrected chi connectivity index (χ4v) is 4.50. The number of unbranched alkanes of at least 4 members (excludes halogenated alkanes) is 8. The monoisotopic (exact) mass is 510 g/mol. The van der Waals surface area contributed by atoms with Crippen molar-refractivity contribution >= 4 is 34.0 Å². The minimum atomic E-state index is 0. The first-order valence-corrected chi connectivity index (χ1v) is 11.8. The van der Waals surface area contributed by atoms with E-state index in [0.29, 0.717) is 10.3 Å². The van der Waals surface area contributed by atoms with Gasteiger partial charge in [0.1, 0.15) is 5.69 Å². The lowest BCUT2D eigenvalue weighted by Crippen LogP contribution is -3.00. The van der Waals surface area contributed by atoms with Crippen LogP contribution in [0.1, 0.15) is 70.3 Å². The second-order valence-corrected chi connectivity index (χ2v) is 8.76. The number of imidazole rings is 1.